The molecule has 2 fully saturated rings. The summed E-state index contributed by atoms with van der Waals surface area (Å²) in [6.07, 6.45) is 2.08. The van der Waals surface area contributed by atoms with Crippen molar-refractivity contribution < 1.29 is 14.7 Å². The van der Waals surface area contributed by atoms with Gasteiger partial charge in [-0.2, -0.15) is 5.10 Å². The summed E-state index contributed by atoms with van der Waals surface area (Å²) in [4.78, 5) is 57.9. The first-order valence-corrected chi connectivity index (χ1v) is 16.5. The van der Waals surface area contributed by atoms with Crippen LogP contribution in [0.1, 0.15) is 42.0 Å². The van der Waals surface area contributed by atoms with Gasteiger partial charge < -0.3 is 5.11 Å². The van der Waals surface area contributed by atoms with Crippen LogP contribution in [0.25, 0.3) is 20.7 Å². The Balaban J connectivity index is 1.28. The monoisotopic (exact) mass is 670 g/mol. The zero-order chi connectivity index (χ0) is 33.3. The maximum Gasteiger partial charge on any atom is 0.347 e. The molecule has 0 bridgehead atoms. The molecule has 13 heteroatoms. The molecule has 4 unspecified atom stereocenters. The third-order valence-corrected chi connectivity index (χ3v) is 12.0. The van der Waals surface area contributed by atoms with Crippen molar-refractivity contribution in [3.63, 3.8) is 0 Å². The van der Waals surface area contributed by atoms with Gasteiger partial charge >= 0.3 is 11.4 Å². The van der Waals surface area contributed by atoms with Crippen LogP contribution in [0.2, 0.25) is 5.02 Å². The molecule has 4 atom stereocenters. The Bertz CT molecular complexity index is 2380. The molecule has 11 nitrogen and oxygen atoms in total. The molecule has 2 amide bonds. The number of aromatic nitrogens is 5. The largest absolute Gasteiger partial charge is 0.508 e. The maximum absolute atomic E-state index is 14.8. The summed E-state index contributed by atoms with van der Waals surface area (Å²) in [7, 11) is 3.16. The quantitative estimate of drug-likeness (QED) is 0.217. The number of halogens is 1. The van der Waals surface area contributed by atoms with E-state index in [0.717, 1.165) is 36.2 Å². The van der Waals surface area contributed by atoms with Gasteiger partial charge in [0.25, 0.3) is 0 Å². The lowest BCUT2D eigenvalue weighted by Crippen LogP contribution is -2.49. The fourth-order valence-corrected chi connectivity index (χ4v) is 9.38. The number of benzene rings is 2. The molecule has 2 aliphatic heterocycles. The predicted octanol–water partition coefficient (Wildman–Crippen LogP) is 4.80. The molecule has 1 N–H and O–H groups in total. The molecule has 8 rings (SSSR count). The lowest BCUT2D eigenvalue weighted by atomic mass is 9.56. The molecule has 3 aromatic heterocycles. The molecule has 47 heavy (non-hydrogen) atoms. The molecule has 3 aliphatic rings. The second-order valence-corrected chi connectivity index (χ2v) is 14.5. The fourth-order valence-electron chi connectivity index (χ4n) is 8.06. The lowest BCUT2D eigenvalue weighted by Gasteiger charge is -2.47. The number of hydrogen-bond acceptors (Lipinski definition) is 7. The van der Waals surface area contributed by atoms with Crippen molar-refractivity contribution in [2.45, 2.75) is 45.7 Å². The Hall–Kier alpha value is -4.68. The third kappa shape index (κ3) is 3.88. The van der Waals surface area contributed by atoms with Gasteiger partial charge in [-0.05, 0) is 79.1 Å². The first kappa shape index (κ1) is 29.7. The van der Waals surface area contributed by atoms with E-state index >= 15 is 0 Å². The van der Waals surface area contributed by atoms with Crippen molar-refractivity contribution in [1.82, 2.24) is 23.7 Å². The normalized spacial score (nSPS) is 23.7. The Kier molecular flexibility index (Phi) is 6.26. The minimum Gasteiger partial charge on any atom is -0.508 e. The van der Waals surface area contributed by atoms with Crippen LogP contribution in [0.15, 0.2) is 63.7 Å². The van der Waals surface area contributed by atoms with Gasteiger partial charge in [-0.3, -0.25) is 14.3 Å². The second kappa shape index (κ2) is 9.91. The highest BCUT2D eigenvalue weighted by molar-refractivity contribution is 7.22. The van der Waals surface area contributed by atoms with E-state index < -0.39 is 34.7 Å². The number of phenolic OH excluding ortho intramolecular Hbond substituents is 1. The van der Waals surface area contributed by atoms with Gasteiger partial charge in [-0.25, -0.2) is 28.4 Å². The van der Waals surface area contributed by atoms with Gasteiger partial charge in [0.05, 0.1) is 28.8 Å². The average molecular weight is 671 g/mol. The highest BCUT2D eigenvalue weighted by atomic mass is 35.5. The SMILES string of the molecule is Cc1cc(C2C3=CCn4c(=O)n(C)c(=O)n4C3CC3C(=O)N(c4cc(-c5sc6ccc(Cl)cc6c5C)nn4C)C(=O)C32C)ccc1O. The van der Waals surface area contributed by atoms with Crippen LogP contribution in [-0.4, -0.2) is 40.6 Å². The highest BCUT2D eigenvalue weighted by Crippen LogP contribution is 2.61. The summed E-state index contributed by atoms with van der Waals surface area (Å²) >= 11 is 7.85. The van der Waals surface area contributed by atoms with E-state index in [9.17, 15) is 24.3 Å². The number of nitrogens with zero attached hydrogens (tertiary/aromatic N) is 6. The number of hydrogen-bond donors (Lipinski definition) is 1. The van der Waals surface area contributed by atoms with E-state index in [4.69, 9.17) is 16.7 Å². The number of imide groups is 1. The van der Waals surface area contributed by atoms with Gasteiger partial charge in [-0.1, -0.05) is 29.8 Å². The average Bonchev–Trinajstić information content (AvgIpc) is 3.70. The van der Waals surface area contributed by atoms with E-state index in [2.05, 4.69) is 0 Å². The Morgan fingerprint density at radius 2 is 1.79 bits per heavy atom. The van der Waals surface area contributed by atoms with Gasteiger partial charge in [0.15, 0.2) is 0 Å². The number of amides is 2. The number of aromatic hydroxyl groups is 1. The van der Waals surface area contributed by atoms with E-state index in [0.29, 0.717) is 22.1 Å². The Morgan fingerprint density at radius 3 is 2.53 bits per heavy atom. The van der Waals surface area contributed by atoms with Gasteiger partial charge in [0.1, 0.15) is 17.3 Å². The van der Waals surface area contributed by atoms with Crippen molar-refractivity contribution in [3.8, 4) is 16.3 Å². The van der Waals surface area contributed by atoms with E-state index in [1.165, 1.54) is 21.3 Å². The molecule has 240 valence electrons. The summed E-state index contributed by atoms with van der Waals surface area (Å²) in [5.41, 5.74) is 1.69. The zero-order valence-electron chi connectivity index (χ0n) is 26.3. The molecule has 1 saturated heterocycles. The standard InChI is InChI=1S/C34H31ClN6O5S/c1-16-12-18(6-8-25(16)42)28-20-10-11-39-32(45)37(4)33(46)41(39)24(20)14-22-30(43)40(31(44)34(22,28)3)27-15-23(36-38(27)5)29-17(2)21-13-19(35)7-9-26(21)47-29/h6-10,12-13,15,22,24,28,42H,11,14H2,1-5H3. The number of carbonyl (C=O) groups is 2. The minimum absolute atomic E-state index is 0.116. The number of rotatable bonds is 3. The Morgan fingerprint density at radius 1 is 1.02 bits per heavy atom. The number of allylic oxidation sites excluding steroid dienone is 2. The number of aryl methyl sites for hydroxylation is 3. The zero-order valence-corrected chi connectivity index (χ0v) is 27.9. The highest BCUT2D eigenvalue weighted by Gasteiger charge is 2.65. The molecule has 0 spiro atoms. The molecular formula is C34H31ClN6O5S. The van der Waals surface area contributed by atoms with Crippen LogP contribution in [0, 0.1) is 25.2 Å². The second-order valence-electron chi connectivity index (χ2n) is 13.0. The minimum atomic E-state index is -1.22. The summed E-state index contributed by atoms with van der Waals surface area (Å²) in [6, 6.07) is 12.1. The Labute approximate surface area is 277 Å². The summed E-state index contributed by atoms with van der Waals surface area (Å²) < 4.78 is 6.52. The van der Waals surface area contributed by atoms with Crippen LogP contribution in [0.5, 0.6) is 5.75 Å². The lowest BCUT2D eigenvalue weighted by molar-refractivity contribution is -0.129. The molecule has 2 aromatic carbocycles. The van der Waals surface area contributed by atoms with Crippen molar-refractivity contribution in [1.29, 1.82) is 0 Å². The van der Waals surface area contributed by atoms with Crippen LogP contribution in [0.3, 0.4) is 0 Å². The van der Waals surface area contributed by atoms with E-state index in [-0.39, 0.29) is 30.5 Å². The van der Waals surface area contributed by atoms with E-state index in [1.807, 2.05) is 44.2 Å². The number of thiophene rings is 1. The third-order valence-electron chi connectivity index (χ3n) is 10.5. The van der Waals surface area contributed by atoms with E-state index in [1.54, 1.807) is 48.2 Å². The van der Waals surface area contributed by atoms with Crippen molar-refractivity contribution in [3.05, 3.63) is 96.8 Å². The molecule has 0 radical (unpaired) electrons. The predicted molar refractivity (Wildman–Crippen MR) is 179 cm³/mol. The number of carbonyl (C=O) groups excluding carboxylic acids is 2. The number of anilines is 1. The molecular weight excluding hydrogens is 640 g/mol. The smallest absolute Gasteiger partial charge is 0.347 e. The molecule has 1 aliphatic carbocycles. The first-order chi connectivity index (χ1) is 22.3. The summed E-state index contributed by atoms with van der Waals surface area (Å²) in [5, 5.41) is 16.8. The maximum atomic E-state index is 14.8. The molecule has 5 aromatic rings. The van der Waals surface area contributed by atoms with Crippen LogP contribution in [0.4, 0.5) is 5.82 Å². The van der Waals surface area contributed by atoms with Crippen molar-refractivity contribution in [2.24, 2.45) is 25.4 Å². The van der Waals surface area contributed by atoms with Crippen LogP contribution < -0.4 is 16.3 Å². The fraction of sp³-hybridized carbons (Fsp3) is 0.324. The summed E-state index contributed by atoms with van der Waals surface area (Å²) in [6.45, 7) is 5.77. The van der Waals surface area contributed by atoms with Gasteiger partial charge in [0, 0.05) is 35.8 Å². The number of phenols is 1. The summed E-state index contributed by atoms with van der Waals surface area (Å²) in [5.74, 6) is -1.69. The van der Waals surface area contributed by atoms with Crippen LogP contribution >= 0.6 is 22.9 Å². The first-order valence-electron chi connectivity index (χ1n) is 15.3. The van der Waals surface area contributed by atoms with Crippen LogP contribution in [-0.2, 0) is 30.2 Å². The number of fused-ring (bicyclic) bond motifs is 5. The topological polar surface area (TPSA) is 124 Å². The molecule has 5 heterocycles. The van der Waals surface area contributed by atoms with Crippen molar-refractivity contribution >= 4 is 50.7 Å². The molecule has 1 saturated carbocycles. The van der Waals surface area contributed by atoms with Crippen molar-refractivity contribution in [2.75, 3.05) is 4.90 Å². The van der Waals surface area contributed by atoms with Gasteiger partial charge in [-0.15, -0.1) is 11.3 Å². The van der Waals surface area contributed by atoms with Gasteiger partial charge in [0.2, 0.25) is 11.8 Å².